The summed E-state index contributed by atoms with van der Waals surface area (Å²) >= 11 is 15.2. The first-order valence-corrected chi connectivity index (χ1v) is 7.00. The van der Waals surface area contributed by atoms with E-state index in [1.54, 1.807) is 18.2 Å². The molecule has 8 heteroatoms. The van der Waals surface area contributed by atoms with Crippen molar-refractivity contribution >= 4 is 50.5 Å². The molecule has 0 saturated carbocycles. The van der Waals surface area contributed by atoms with Gasteiger partial charge in [-0.15, -0.1) is 0 Å². The van der Waals surface area contributed by atoms with E-state index >= 15 is 0 Å². The van der Waals surface area contributed by atoms with E-state index in [2.05, 4.69) is 26.2 Å². The number of anilines is 1. The summed E-state index contributed by atoms with van der Waals surface area (Å²) in [5.41, 5.74) is 1.00. The highest BCUT2D eigenvalue weighted by molar-refractivity contribution is 9.10. The maximum Gasteiger partial charge on any atom is 0.310 e. The second-order valence-electron chi connectivity index (χ2n) is 3.85. The number of aromatic nitrogens is 1. The Hall–Kier alpha value is -1.37. The highest BCUT2D eigenvalue weighted by atomic mass is 79.9. The zero-order valence-corrected chi connectivity index (χ0v) is 13.0. The van der Waals surface area contributed by atoms with Gasteiger partial charge in [0.2, 0.25) is 0 Å². The van der Waals surface area contributed by atoms with E-state index < -0.39 is 4.92 Å². The molecule has 0 amide bonds. The molecule has 104 valence electrons. The number of benzene rings is 1. The third-order valence-electron chi connectivity index (χ3n) is 2.55. The van der Waals surface area contributed by atoms with Gasteiger partial charge in [0.1, 0.15) is 16.5 Å². The predicted octanol–water partition coefficient (Wildman–Crippen LogP) is 4.67. The Morgan fingerprint density at radius 3 is 2.85 bits per heavy atom. The zero-order chi connectivity index (χ0) is 14.7. The number of hydrogen-bond acceptors (Lipinski definition) is 4. The lowest BCUT2D eigenvalue weighted by Gasteiger charge is -2.09. The Balaban J connectivity index is 2.24. The first kappa shape index (κ1) is 15.0. The zero-order valence-electron chi connectivity index (χ0n) is 9.94. The molecule has 0 aliphatic carbocycles. The Morgan fingerprint density at radius 1 is 1.40 bits per heavy atom. The molecule has 0 bridgehead atoms. The Morgan fingerprint density at radius 2 is 2.15 bits per heavy atom. The van der Waals surface area contributed by atoms with Gasteiger partial charge in [-0.3, -0.25) is 10.1 Å². The molecule has 0 radical (unpaired) electrons. The minimum absolute atomic E-state index is 0.105. The van der Waals surface area contributed by atoms with Crippen molar-refractivity contribution < 1.29 is 4.92 Å². The van der Waals surface area contributed by atoms with Gasteiger partial charge in [0.05, 0.1) is 15.0 Å². The fourth-order valence-electron chi connectivity index (χ4n) is 1.59. The lowest BCUT2D eigenvalue weighted by atomic mass is 10.2. The van der Waals surface area contributed by atoms with Gasteiger partial charge in [-0.1, -0.05) is 35.3 Å². The van der Waals surface area contributed by atoms with Gasteiger partial charge in [0.15, 0.2) is 0 Å². The first-order chi connectivity index (χ1) is 9.49. The van der Waals surface area contributed by atoms with Crippen molar-refractivity contribution in [2.45, 2.75) is 6.54 Å². The summed E-state index contributed by atoms with van der Waals surface area (Å²) in [5, 5.41) is 14.8. The van der Waals surface area contributed by atoms with E-state index in [9.17, 15) is 10.1 Å². The van der Waals surface area contributed by atoms with Crippen molar-refractivity contribution in [3.8, 4) is 0 Å². The standard InChI is InChI=1S/C12H8BrCl2N3O2/c13-11-4-9(10(6-17-11)18(19)20)16-5-7-2-1-3-8(14)12(7)15/h1-4,6H,5H2,(H,16,17). The van der Waals surface area contributed by atoms with Gasteiger partial charge in [-0.25, -0.2) is 4.98 Å². The first-order valence-electron chi connectivity index (χ1n) is 5.45. The van der Waals surface area contributed by atoms with Crippen LogP contribution in [0.4, 0.5) is 11.4 Å². The molecule has 1 heterocycles. The monoisotopic (exact) mass is 375 g/mol. The smallest absolute Gasteiger partial charge is 0.310 e. The van der Waals surface area contributed by atoms with Crippen LogP contribution in [0.5, 0.6) is 0 Å². The molecule has 0 unspecified atom stereocenters. The molecule has 5 nitrogen and oxygen atoms in total. The largest absolute Gasteiger partial charge is 0.375 e. The third kappa shape index (κ3) is 3.39. The van der Waals surface area contributed by atoms with Crippen LogP contribution in [0.2, 0.25) is 10.0 Å². The number of nitrogens with zero attached hydrogens (tertiary/aromatic N) is 2. The normalized spacial score (nSPS) is 10.3. The lowest BCUT2D eigenvalue weighted by molar-refractivity contribution is -0.384. The molecule has 2 aromatic rings. The second kappa shape index (κ2) is 6.39. The molecule has 0 aliphatic heterocycles. The van der Waals surface area contributed by atoms with E-state index in [1.807, 2.05) is 0 Å². The van der Waals surface area contributed by atoms with Crippen LogP contribution < -0.4 is 5.32 Å². The Kier molecular flexibility index (Phi) is 4.80. The molecule has 1 aromatic carbocycles. The molecule has 0 aliphatic rings. The van der Waals surface area contributed by atoms with Crippen LogP contribution in [0.3, 0.4) is 0 Å². The molecule has 20 heavy (non-hydrogen) atoms. The predicted molar refractivity (Wildman–Crippen MR) is 82.4 cm³/mol. The van der Waals surface area contributed by atoms with Gasteiger partial charge in [0.25, 0.3) is 0 Å². The topological polar surface area (TPSA) is 68.1 Å². The number of pyridine rings is 1. The van der Waals surface area contributed by atoms with Crippen molar-refractivity contribution in [2.24, 2.45) is 0 Å². The van der Waals surface area contributed by atoms with Gasteiger partial charge < -0.3 is 5.32 Å². The van der Waals surface area contributed by atoms with Crippen LogP contribution in [0, 0.1) is 10.1 Å². The molecular formula is C12H8BrCl2N3O2. The highest BCUT2D eigenvalue weighted by Gasteiger charge is 2.15. The molecule has 2 rings (SSSR count). The summed E-state index contributed by atoms with van der Waals surface area (Å²) in [5.74, 6) is 0. The fraction of sp³-hybridized carbons (Fsp3) is 0.0833. The molecule has 1 aromatic heterocycles. The molecule has 1 N–H and O–H groups in total. The molecule has 0 spiro atoms. The van der Waals surface area contributed by atoms with Crippen molar-refractivity contribution in [1.82, 2.24) is 4.98 Å². The van der Waals surface area contributed by atoms with Crippen molar-refractivity contribution in [3.63, 3.8) is 0 Å². The molecule has 0 atom stereocenters. The highest BCUT2D eigenvalue weighted by Crippen LogP contribution is 2.29. The summed E-state index contributed by atoms with van der Waals surface area (Å²) in [6.45, 7) is 0.316. The number of rotatable bonds is 4. The van der Waals surface area contributed by atoms with E-state index in [-0.39, 0.29) is 5.69 Å². The molecular weight excluding hydrogens is 369 g/mol. The lowest BCUT2D eigenvalue weighted by Crippen LogP contribution is -2.04. The SMILES string of the molecule is O=[N+]([O-])c1cnc(Br)cc1NCc1cccc(Cl)c1Cl. The summed E-state index contributed by atoms with van der Waals surface area (Å²) in [7, 11) is 0. The van der Waals surface area contributed by atoms with Crippen LogP contribution in [-0.4, -0.2) is 9.91 Å². The van der Waals surface area contributed by atoms with Crippen LogP contribution in [0.25, 0.3) is 0 Å². The van der Waals surface area contributed by atoms with Crippen LogP contribution in [0.15, 0.2) is 35.1 Å². The van der Waals surface area contributed by atoms with Crippen molar-refractivity contribution in [3.05, 3.63) is 60.8 Å². The van der Waals surface area contributed by atoms with Crippen molar-refractivity contribution in [1.29, 1.82) is 0 Å². The van der Waals surface area contributed by atoms with Gasteiger partial charge in [0, 0.05) is 12.6 Å². The minimum atomic E-state index is -0.499. The summed E-state index contributed by atoms with van der Waals surface area (Å²) in [4.78, 5) is 14.3. The summed E-state index contributed by atoms with van der Waals surface area (Å²) in [6, 6.07) is 6.78. The Labute approximate surface area is 133 Å². The fourth-order valence-corrected chi connectivity index (χ4v) is 2.30. The maximum absolute atomic E-state index is 10.9. The number of halogens is 3. The average molecular weight is 377 g/mol. The average Bonchev–Trinajstić information content (AvgIpc) is 2.40. The van der Waals surface area contributed by atoms with Gasteiger partial charge >= 0.3 is 5.69 Å². The van der Waals surface area contributed by atoms with E-state index in [4.69, 9.17) is 23.2 Å². The van der Waals surface area contributed by atoms with Crippen LogP contribution in [-0.2, 0) is 6.54 Å². The number of nitro groups is 1. The van der Waals surface area contributed by atoms with E-state index in [1.165, 1.54) is 12.3 Å². The number of hydrogen-bond donors (Lipinski definition) is 1. The van der Waals surface area contributed by atoms with Gasteiger partial charge in [-0.05, 0) is 27.6 Å². The quantitative estimate of drug-likeness (QED) is 0.478. The second-order valence-corrected chi connectivity index (χ2v) is 5.45. The van der Waals surface area contributed by atoms with Crippen LogP contribution in [0.1, 0.15) is 5.56 Å². The van der Waals surface area contributed by atoms with E-state index in [0.717, 1.165) is 5.56 Å². The minimum Gasteiger partial charge on any atom is -0.375 e. The molecule has 0 fully saturated rings. The van der Waals surface area contributed by atoms with Gasteiger partial charge in [-0.2, -0.15) is 0 Å². The number of nitrogens with one attached hydrogen (secondary N) is 1. The maximum atomic E-state index is 10.9. The third-order valence-corrected chi connectivity index (χ3v) is 3.84. The van der Waals surface area contributed by atoms with Crippen molar-refractivity contribution in [2.75, 3.05) is 5.32 Å². The summed E-state index contributed by atoms with van der Waals surface area (Å²) in [6.07, 6.45) is 1.19. The molecule has 0 saturated heterocycles. The summed E-state index contributed by atoms with van der Waals surface area (Å²) < 4.78 is 0.503. The van der Waals surface area contributed by atoms with E-state index in [0.29, 0.717) is 26.9 Å². The van der Waals surface area contributed by atoms with Crippen LogP contribution >= 0.6 is 39.1 Å². The Bertz CT molecular complexity index is 667.